The lowest BCUT2D eigenvalue weighted by atomic mass is 10.3. The molecular weight excluding hydrogens is 264 g/mol. The van der Waals surface area contributed by atoms with E-state index in [1.54, 1.807) is 0 Å². The van der Waals surface area contributed by atoms with E-state index in [1.807, 2.05) is 0 Å². The molecule has 0 fully saturated rings. The summed E-state index contributed by atoms with van der Waals surface area (Å²) in [6, 6.07) is 0. The van der Waals surface area contributed by atoms with Gasteiger partial charge in [-0.05, 0) is 0 Å². The zero-order valence-electron chi connectivity index (χ0n) is 6.25. The fraction of sp³-hybridized carbons (Fsp3) is 0.500. The Labute approximate surface area is 77.4 Å². The molecule has 0 aliphatic rings. The Morgan fingerprint density at radius 2 is 1.13 bits per heavy atom. The highest BCUT2D eigenvalue weighted by molar-refractivity contribution is 7.90. The summed E-state index contributed by atoms with van der Waals surface area (Å²) in [6.07, 6.45) is -12.7. The average molecular weight is 264 g/mol. The van der Waals surface area contributed by atoms with Crippen molar-refractivity contribution in [2.75, 3.05) is 0 Å². The van der Waals surface area contributed by atoms with Crippen LogP contribution in [0.15, 0.2) is 10.7 Å². The van der Waals surface area contributed by atoms with Crippen LogP contribution in [-0.4, -0.2) is 20.8 Å². The van der Waals surface area contributed by atoms with Gasteiger partial charge in [0.1, 0.15) is 0 Å². The topological polar surface area (TPSA) is 34.1 Å². The molecule has 2 nitrogen and oxygen atoms in total. The monoisotopic (exact) mass is 264 g/mol. The summed E-state index contributed by atoms with van der Waals surface area (Å²) in [7, 11) is -6.70. The molecule has 0 amide bonds. The lowest BCUT2D eigenvalue weighted by Gasteiger charge is -2.14. The third kappa shape index (κ3) is 3.64. The zero-order valence-corrected chi connectivity index (χ0v) is 7.06. The SMILES string of the molecule is O=S(=O)(F)C(F)=C(C(F)(F)F)C(F)(F)F. The molecule has 0 aromatic rings. The third-order valence-electron chi connectivity index (χ3n) is 0.978. The van der Waals surface area contributed by atoms with E-state index in [0.29, 0.717) is 0 Å². The van der Waals surface area contributed by atoms with E-state index >= 15 is 0 Å². The summed E-state index contributed by atoms with van der Waals surface area (Å²) < 4.78 is 112. The van der Waals surface area contributed by atoms with E-state index in [-0.39, 0.29) is 0 Å². The maximum atomic E-state index is 12.0. The molecule has 0 saturated carbocycles. The van der Waals surface area contributed by atoms with Gasteiger partial charge in [0.05, 0.1) is 0 Å². The molecule has 0 heterocycles. The molecule has 0 saturated heterocycles. The van der Waals surface area contributed by atoms with Crippen molar-refractivity contribution in [2.45, 2.75) is 12.4 Å². The van der Waals surface area contributed by atoms with Crippen LogP contribution in [0.4, 0.5) is 34.6 Å². The lowest BCUT2D eigenvalue weighted by molar-refractivity contribution is -0.173. The van der Waals surface area contributed by atoms with Crippen LogP contribution in [0.2, 0.25) is 0 Å². The van der Waals surface area contributed by atoms with Crippen molar-refractivity contribution >= 4 is 10.2 Å². The van der Waals surface area contributed by atoms with Gasteiger partial charge in [-0.1, -0.05) is 3.89 Å². The highest BCUT2D eigenvalue weighted by atomic mass is 32.3. The predicted octanol–water partition coefficient (Wildman–Crippen LogP) is 2.59. The summed E-state index contributed by atoms with van der Waals surface area (Å²) in [4.78, 5) is 0. The minimum atomic E-state index is -6.70. The van der Waals surface area contributed by atoms with Crippen molar-refractivity contribution in [2.24, 2.45) is 0 Å². The van der Waals surface area contributed by atoms with Gasteiger partial charge in [0, 0.05) is 0 Å². The Morgan fingerprint density at radius 3 is 1.20 bits per heavy atom. The fourth-order valence-corrected chi connectivity index (χ4v) is 0.981. The van der Waals surface area contributed by atoms with Crippen LogP contribution in [-0.2, 0) is 10.2 Å². The second-order valence-corrected chi connectivity index (χ2v) is 3.32. The highest BCUT2D eigenvalue weighted by Gasteiger charge is 2.56. The van der Waals surface area contributed by atoms with Gasteiger partial charge in [-0.3, -0.25) is 0 Å². The first-order valence-electron chi connectivity index (χ1n) is 2.76. The van der Waals surface area contributed by atoms with E-state index in [1.165, 1.54) is 0 Å². The Bertz CT molecular complexity index is 354. The van der Waals surface area contributed by atoms with Crippen molar-refractivity contribution in [1.82, 2.24) is 0 Å². The van der Waals surface area contributed by atoms with Crippen molar-refractivity contribution < 1.29 is 43.0 Å². The molecule has 0 bridgehead atoms. The molecule has 0 aromatic heterocycles. The van der Waals surface area contributed by atoms with Gasteiger partial charge in [0.25, 0.3) is 5.16 Å². The van der Waals surface area contributed by atoms with Crippen molar-refractivity contribution in [3.05, 3.63) is 10.7 Å². The highest BCUT2D eigenvalue weighted by Crippen LogP contribution is 2.42. The number of hydrogen-bond donors (Lipinski definition) is 0. The van der Waals surface area contributed by atoms with Gasteiger partial charge < -0.3 is 0 Å². The summed E-state index contributed by atoms with van der Waals surface area (Å²) in [5.41, 5.74) is -4.03. The summed E-state index contributed by atoms with van der Waals surface area (Å²) in [5, 5.41) is -3.90. The Balaban J connectivity index is 5.95. The van der Waals surface area contributed by atoms with Crippen LogP contribution >= 0.6 is 0 Å². The lowest BCUT2D eigenvalue weighted by Crippen LogP contribution is -2.28. The molecule has 0 N–H and O–H groups in total. The molecule has 90 valence electrons. The largest absolute Gasteiger partial charge is 0.425 e. The summed E-state index contributed by atoms with van der Waals surface area (Å²) in [6.45, 7) is 0. The summed E-state index contributed by atoms with van der Waals surface area (Å²) >= 11 is 0. The molecule has 0 unspecified atom stereocenters. The predicted molar refractivity (Wildman–Crippen MR) is 30.3 cm³/mol. The van der Waals surface area contributed by atoms with Gasteiger partial charge in [0.15, 0.2) is 5.57 Å². The normalized spacial score (nSPS) is 13.9. The maximum absolute atomic E-state index is 12.0. The zero-order chi connectivity index (χ0) is 12.7. The second kappa shape index (κ2) is 3.61. The smallest absolute Gasteiger partial charge is 0.190 e. The van der Waals surface area contributed by atoms with Gasteiger partial charge in [-0.25, -0.2) is 0 Å². The third-order valence-corrected chi connectivity index (χ3v) is 1.61. The van der Waals surface area contributed by atoms with Crippen molar-refractivity contribution in [1.29, 1.82) is 0 Å². The van der Waals surface area contributed by atoms with Gasteiger partial charge >= 0.3 is 22.6 Å². The van der Waals surface area contributed by atoms with Crippen molar-refractivity contribution in [3.63, 3.8) is 0 Å². The van der Waals surface area contributed by atoms with E-state index in [2.05, 4.69) is 0 Å². The van der Waals surface area contributed by atoms with E-state index in [4.69, 9.17) is 0 Å². The standard InChI is InChI=1S/C4F8O2S/c5-2(15(12,13)14)1(3(6,7)8)4(9,10)11. The average Bonchev–Trinajstić information content (AvgIpc) is 1.76. The van der Waals surface area contributed by atoms with Crippen molar-refractivity contribution in [3.8, 4) is 0 Å². The first-order valence-corrected chi connectivity index (χ1v) is 4.15. The molecule has 0 spiro atoms. The number of hydrogen-bond acceptors (Lipinski definition) is 2. The van der Waals surface area contributed by atoms with Gasteiger partial charge in [-0.2, -0.15) is 39.2 Å². The molecular formula is C4F8O2S. The number of allylic oxidation sites excluding steroid dienone is 1. The Morgan fingerprint density at radius 1 is 0.867 bits per heavy atom. The number of halogens is 8. The number of alkyl halides is 6. The minimum absolute atomic E-state index is 3.90. The van der Waals surface area contributed by atoms with Crippen LogP contribution in [0.1, 0.15) is 0 Å². The molecule has 0 aromatic carbocycles. The molecule has 0 radical (unpaired) electrons. The second-order valence-electron chi connectivity index (χ2n) is 2.08. The Hall–Kier alpha value is -0.870. The van der Waals surface area contributed by atoms with Crippen LogP contribution in [0.3, 0.4) is 0 Å². The Kier molecular flexibility index (Phi) is 3.40. The van der Waals surface area contributed by atoms with E-state index < -0.39 is 33.3 Å². The van der Waals surface area contributed by atoms with Gasteiger partial charge in [0.2, 0.25) is 0 Å². The molecule has 0 aliphatic carbocycles. The van der Waals surface area contributed by atoms with E-state index in [0.717, 1.165) is 0 Å². The quantitative estimate of drug-likeness (QED) is 0.539. The molecule has 0 aliphatic heterocycles. The molecule has 0 atom stereocenters. The maximum Gasteiger partial charge on any atom is 0.425 e. The van der Waals surface area contributed by atoms with E-state index in [9.17, 15) is 43.0 Å². The van der Waals surface area contributed by atoms with Crippen LogP contribution in [0.25, 0.3) is 0 Å². The fourth-order valence-electron chi connectivity index (χ4n) is 0.505. The van der Waals surface area contributed by atoms with Crippen LogP contribution < -0.4 is 0 Å². The van der Waals surface area contributed by atoms with Crippen LogP contribution in [0.5, 0.6) is 0 Å². The summed E-state index contributed by atoms with van der Waals surface area (Å²) in [5.74, 6) is 0. The molecule has 15 heavy (non-hydrogen) atoms. The van der Waals surface area contributed by atoms with Gasteiger partial charge in [-0.15, -0.1) is 0 Å². The van der Waals surface area contributed by atoms with Crippen LogP contribution in [0, 0.1) is 0 Å². The molecule has 11 heteroatoms. The number of rotatable bonds is 1. The first kappa shape index (κ1) is 14.1. The minimum Gasteiger partial charge on any atom is -0.190 e. The molecule has 0 rings (SSSR count). The first-order chi connectivity index (χ1) is 6.28.